The van der Waals surface area contributed by atoms with E-state index in [-0.39, 0.29) is 11.4 Å². The molecule has 0 spiro atoms. The highest BCUT2D eigenvalue weighted by Gasteiger charge is 2.14. The Bertz CT molecular complexity index is 834. The van der Waals surface area contributed by atoms with Crippen molar-refractivity contribution in [1.29, 1.82) is 0 Å². The van der Waals surface area contributed by atoms with Gasteiger partial charge in [0.25, 0.3) is 5.56 Å². The monoisotopic (exact) mass is 280 g/mol. The molecule has 6 heteroatoms. The molecule has 0 radical (unpaired) electrons. The maximum atomic E-state index is 11.8. The van der Waals surface area contributed by atoms with Crippen molar-refractivity contribution in [2.24, 2.45) is 10.2 Å². The van der Waals surface area contributed by atoms with Gasteiger partial charge in [0.2, 0.25) is 0 Å². The van der Waals surface area contributed by atoms with Gasteiger partial charge in [0, 0.05) is 5.56 Å². The van der Waals surface area contributed by atoms with Crippen molar-refractivity contribution in [3.05, 3.63) is 65.0 Å². The van der Waals surface area contributed by atoms with Crippen LogP contribution in [0.15, 0.2) is 69.6 Å². The van der Waals surface area contributed by atoms with E-state index in [4.69, 9.17) is 0 Å². The fraction of sp³-hybridized carbons (Fsp3) is 0. The summed E-state index contributed by atoms with van der Waals surface area (Å²) in [5.41, 5.74) is 1.25. The van der Waals surface area contributed by atoms with Gasteiger partial charge >= 0.3 is 0 Å². The Morgan fingerprint density at radius 1 is 0.857 bits per heavy atom. The number of phenols is 1. The third-order valence-corrected chi connectivity index (χ3v) is 2.95. The van der Waals surface area contributed by atoms with Crippen LogP contribution < -0.4 is 5.56 Å². The van der Waals surface area contributed by atoms with Crippen LogP contribution >= 0.6 is 0 Å². The SMILES string of the molecule is O=c1[nH][nH]c(-c2ccccc2O)c1N=Nc1ccccc1. The zero-order valence-electron chi connectivity index (χ0n) is 10.9. The molecule has 0 atom stereocenters. The summed E-state index contributed by atoms with van der Waals surface area (Å²) in [6.45, 7) is 0. The smallest absolute Gasteiger partial charge is 0.292 e. The van der Waals surface area contributed by atoms with E-state index in [1.807, 2.05) is 18.2 Å². The molecular weight excluding hydrogens is 268 g/mol. The lowest BCUT2D eigenvalue weighted by Crippen LogP contribution is -1.96. The van der Waals surface area contributed by atoms with E-state index in [0.717, 1.165) is 0 Å². The molecular formula is C15H12N4O2. The average Bonchev–Trinajstić information content (AvgIpc) is 2.88. The highest BCUT2D eigenvalue weighted by molar-refractivity contribution is 5.75. The molecule has 0 bridgehead atoms. The molecule has 0 aliphatic heterocycles. The first-order valence-electron chi connectivity index (χ1n) is 6.31. The average molecular weight is 280 g/mol. The number of aromatic nitrogens is 2. The first-order valence-corrected chi connectivity index (χ1v) is 6.31. The Balaban J connectivity index is 2.05. The standard InChI is InChI=1S/C15H12N4O2/c20-12-9-5-4-8-11(12)13-14(15(21)19-17-13)18-16-10-6-2-1-3-7-10/h1-9,20H,(H2,17,19,21). The predicted molar refractivity (Wildman–Crippen MR) is 79.1 cm³/mol. The topological polar surface area (TPSA) is 93.6 Å². The lowest BCUT2D eigenvalue weighted by Gasteiger charge is -2.01. The van der Waals surface area contributed by atoms with E-state index >= 15 is 0 Å². The number of benzene rings is 2. The summed E-state index contributed by atoms with van der Waals surface area (Å²) >= 11 is 0. The van der Waals surface area contributed by atoms with E-state index < -0.39 is 5.56 Å². The van der Waals surface area contributed by atoms with Gasteiger partial charge in [0.05, 0.1) is 11.4 Å². The molecule has 0 saturated carbocycles. The van der Waals surface area contributed by atoms with Gasteiger partial charge in [-0.25, -0.2) is 0 Å². The Morgan fingerprint density at radius 2 is 1.57 bits per heavy atom. The lowest BCUT2D eigenvalue weighted by atomic mass is 10.1. The van der Waals surface area contributed by atoms with Crippen molar-refractivity contribution in [1.82, 2.24) is 10.2 Å². The molecule has 0 unspecified atom stereocenters. The number of aromatic amines is 2. The fourth-order valence-corrected chi connectivity index (χ4v) is 1.93. The van der Waals surface area contributed by atoms with Gasteiger partial charge in [-0.15, -0.1) is 5.11 Å². The third kappa shape index (κ3) is 2.59. The van der Waals surface area contributed by atoms with Gasteiger partial charge in [-0.1, -0.05) is 30.3 Å². The Morgan fingerprint density at radius 3 is 2.33 bits per heavy atom. The molecule has 104 valence electrons. The third-order valence-electron chi connectivity index (χ3n) is 2.95. The number of aromatic hydroxyl groups is 1. The number of nitrogens with one attached hydrogen (secondary N) is 2. The van der Waals surface area contributed by atoms with Crippen LogP contribution in [0, 0.1) is 0 Å². The second kappa shape index (κ2) is 5.46. The fourth-order valence-electron chi connectivity index (χ4n) is 1.93. The minimum Gasteiger partial charge on any atom is -0.507 e. The highest BCUT2D eigenvalue weighted by Crippen LogP contribution is 2.32. The minimum atomic E-state index is -0.395. The quantitative estimate of drug-likeness (QED) is 0.640. The number of azo groups is 1. The molecule has 2 aromatic carbocycles. The van der Waals surface area contributed by atoms with Gasteiger partial charge in [-0.3, -0.25) is 15.0 Å². The van der Waals surface area contributed by atoms with E-state index in [2.05, 4.69) is 20.4 Å². The maximum Gasteiger partial charge on any atom is 0.292 e. The van der Waals surface area contributed by atoms with Crippen molar-refractivity contribution in [2.45, 2.75) is 0 Å². The number of rotatable bonds is 3. The summed E-state index contributed by atoms with van der Waals surface area (Å²) in [5.74, 6) is 0.0592. The number of hydrogen-bond donors (Lipinski definition) is 3. The molecule has 1 aromatic heterocycles. The summed E-state index contributed by atoms with van der Waals surface area (Å²) in [7, 11) is 0. The van der Waals surface area contributed by atoms with Crippen LogP contribution in [0.3, 0.4) is 0 Å². The summed E-state index contributed by atoms with van der Waals surface area (Å²) in [5, 5.41) is 23.1. The molecule has 21 heavy (non-hydrogen) atoms. The molecule has 0 saturated heterocycles. The van der Waals surface area contributed by atoms with Gasteiger partial charge in [0.1, 0.15) is 5.75 Å². The predicted octanol–water partition coefficient (Wildman–Crippen LogP) is 3.49. The normalized spacial score (nSPS) is 11.0. The number of H-pyrrole nitrogens is 2. The van der Waals surface area contributed by atoms with E-state index in [0.29, 0.717) is 16.9 Å². The van der Waals surface area contributed by atoms with Crippen LogP contribution in [-0.2, 0) is 0 Å². The highest BCUT2D eigenvalue weighted by atomic mass is 16.3. The molecule has 0 fully saturated rings. The van der Waals surface area contributed by atoms with E-state index in [9.17, 15) is 9.90 Å². The summed E-state index contributed by atoms with van der Waals surface area (Å²) < 4.78 is 0. The zero-order chi connectivity index (χ0) is 14.7. The van der Waals surface area contributed by atoms with Crippen LogP contribution in [-0.4, -0.2) is 15.3 Å². The van der Waals surface area contributed by atoms with Crippen LogP contribution in [0.2, 0.25) is 0 Å². The van der Waals surface area contributed by atoms with Crippen LogP contribution in [0.25, 0.3) is 11.3 Å². The van der Waals surface area contributed by atoms with Crippen molar-refractivity contribution >= 4 is 11.4 Å². The molecule has 3 aromatic rings. The first-order chi connectivity index (χ1) is 10.3. The zero-order valence-corrected chi connectivity index (χ0v) is 10.9. The van der Waals surface area contributed by atoms with Gasteiger partial charge in [0.15, 0.2) is 5.69 Å². The van der Waals surface area contributed by atoms with Gasteiger partial charge in [-0.05, 0) is 24.3 Å². The number of phenolic OH excluding ortho intramolecular Hbond substituents is 1. The maximum absolute atomic E-state index is 11.8. The van der Waals surface area contributed by atoms with Crippen molar-refractivity contribution in [3.8, 4) is 17.0 Å². The number of hydrogen-bond acceptors (Lipinski definition) is 4. The van der Waals surface area contributed by atoms with Crippen LogP contribution in [0.4, 0.5) is 11.4 Å². The molecule has 6 nitrogen and oxygen atoms in total. The molecule has 0 amide bonds. The van der Waals surface area contributed by atoms with Crippen molar-refractivity contribution in [3.63, 3.8) is 0 Å². The Kier molecular flexibility index (Phi) is 3.34. The Labute approximate surface area is 119 Å². The number of para-hydroxylation sites is 1. The number of nitrogens with zero attached hydrogens (tertiary/aromatic N) is 2. The molecule has 0 aliphatic carbocycles. The lowest BCUT2D eigenvalue weighted by molar-refractivity contribution is 0.477. The van der Waals surface area contributed by atoms with E-state index in [1.54, 1.807) is 36.4 Å². The largest absolute Gasteiger partial charge is 0.507 e. The Hall–Kier alpha value is -3.15. The second-order valence-corrected chi connectivity index (χ2v) is 4.36. The van der Waals surface area contributed by atoms with Gasteiger partial charge < -0.3 is 5.11 Å². The molecule has 3 rings (SSSR count). The summed E-state index contributed by atoms with van der Waals surface area (Å²) in [6.07, 6.45) is 0. The summed E-state index contributed by atoms with van der Waals surface area (Å²) in [4.78, 5) is 11.8. The van der Waals surface area contributed by atoms with Crippen LogP contribution in [0.1, 0.15) is 0 Å². The second-order valence-electron chi connectivity index (χ2n) is 4.36. The van der Waals surface area contributed by atoms with Gasteiger partial charge in [-0.2, -0.15) is 5.11 Å². The minimum absolute atomic E-state index is 0.0592. The first kappa shape index (κ1) is 12.9. The van der Waals surface area contributed by atoms with E-state index in [1.165, 1.54) is 0 Å². The summed E-state index contributed by atoms with van der Waals surface area (Å²) in [6, 6.07) is 15.8. The van der Waals surface area contributed by atoms with Crippen LogP contribution in [0.5, 0.6) is 5.75 Å². The van der Waals surface area contributed by atoms with Crippen molar-refractivity contribution in [2.75, 3.05) is 0 Å². The molecule has 0 aliphatic rings. The van der Waals surface area contributed by atoms with Crippen molar-refractivity contribution < 1.29 is 5.11 Å². The molecule has 3 N–H and O–H groups in total. The molecule has 1 heterocycles.